The van der Waals surface area contributed by atoms with E-state index in [1.807, 2.05) is 4.90 Å². The summed E-state index contributed by atoms with van der Waals surface area (Å²) in [5, 5.41) is 3.31. The summed E-state index contributed by atoms with van der Waals surface area (Å²) in [5.74, 6) is 0.978. The molecule has 0 bridgehead atoms. The molecule has 1 fully saturated rings. The molecule has 0 saturated carbocycles. The van der Waals surface area contributed by atoms with Crippen LogP contribution in [0.4, 0.5) is 5.82 Å². The molecule has 0 atom stereocenters. The molecule has 1 amide bonds. The second-order valence-corrected chi connectivity index (χ2v) is 7.33. The van der Waals surface area contributed by atoms with E-state index < -0.39 is 0 Å². The summed E-state index contributed by atoms with van der Waals surface area (Å²) in [6, 6.07) is 6.55. The molecule has 25 heavy (non-hydrogen) atoms. The molecule has 1 aliphatic heterocycles. The minimum Gasteiger partial charge on any atom is -0.352 e. The third kappa shape index (κ3) is 2.87. The Morgan fingerprint density at radius 3 is 2.60 bits per heavy atom. The van der Waals surface area contributed by atoms with Gasteiger partial charge in [-0.2, -0.15) is 0 Å². The molecule has 0 N–H and O–H groups in total. The number of nitrogens with zero attached hydrogens (tertiary/aromatic N) is 4. The zero-order chi connectivity index (χ0) is 17.4. The van der Waals surface area contributed by atoms with Crippen molar-refractivity contribution < 1.29 is 4.79 Å². The summed E-state index contributed by atoms with van der Waals surface area (Å²) < 4.78 is 0. The standard InChI is InChI=1S/C19H20N4OS/c1-13-3-4-15(14(2)9-13)16-10-25-19-17(16)18(20-11-21-19)23-7-5-22(12-24)6-8-23/h3-4,9-12H,5-8H2,1-2H3. The van der Waals surface area contributed by atoms with Gasteiger partial charge in [0.25, 0.3) is 0 Å². The molecular formula is C19H20N4OS. The van der Waals surface area contributed by atoms with Crippen molar-refractivity contribution in [3.63, 3.8) is 0 Å². The molecule has 0 radical (unpaired) electrons. The van der Waals surface area contributed by atoms with E-state index in [0.29, 0.717) is 0 Å². The summed E-state index contributed by atoms with van der Waals surface area (Å²) in [6.45, 7) is 7.33. The molecule has 3 aromatic rings. The van der Waals surface area contributed by atoms with Gasteiger partial charge in [0.2, 0.25) is 6.41 Å². The average Bonchev–Trinajstić information content (AvgIpc) is 3.06. The maximum atomic E-state index is 11.0. The molecule has 1 aliphatic rings. The van der Waals surface area contributed by atoms with Crippen LogP contribution in [0.15, 0.2) is 29.9 Å². The highest BCUT2D eigenvalue weighted by Gasteiger charge is 2.22. The van der Waals surface area contributed by atoms with E-state index in [1.54, 1.807) is 17.7 Å². The fourth-order valence-corrected chi connectivity index (χ4v) is 4.35. The number of rotatable bonds is 3. The van der Waals surface area contributed by atoms with Crippen LogP contribution >= 0.6 is 11.3 Å². The number of fused-ring (bicyclic) bond motifs is 1. The maximum absolute atomic E-state index is 11.0. The van der Waals surface area contributed by atoms with E-state index in [1.165, 1.54) is 22.3 Å². The Labute approximate surface area is 150 Å². The van der Waals surface area contributed by atoms with Crippen LogP contribution in [0.3, 0.4) is 0 Å². The van der Waals surface area contributed by atoms with E-state index in [0.717, 1.165) is 48.6 Å². The Morgan fingerprint density at radius 1 is 1.08 bits per heavy atom. The highest BCUT2D eigenvalue weighted by molar-refractivity contribution is 7.17. The lowest BCUT2D eigenvalue weighted by Gasteiger charge is -2.33. The van der Waals surface area contributed by atoms with E-state index in [2.05, 4.69) is 52.3 Å². The number of amides is 1. The van der Waals surface area contributed by atoms with Crippen LogP contribution in [0.1, 0.15) is 11.1 Å². The maximum Gasteiger partial charge on any atom is 0.209 e. The van der Waals surface area contributed by atoms with Crippen molar-refractivity contribution in [2.45, 2.75) is 13.8 Å². The second-order valence-electron chi connectivity index (χ2n) is 6.47. The Kier molecular flexibility index (Phi) is 4.13. The fraction of sp³-hybridized carbons (Fsp3) is 0.316. The van der Waals surface area contributed by atoms with Crippen molar-refractivity contribution >= 4 is 33.8 Å². The van der Waals surface area contributed by atoms with Gasteiger partial charge < -0.3 is 9.80 Å². The van der Waals surface area contributed by atoms with Crippen molar-refractivity contribution in [3.05, 3.63) is 41.0 Å². The number of aryl methyl sites for hydroxylation is 2. The van der Waals surface area contributed by atoms with Crippen LogP contribution in [-0.2, 0) is 4.79 Å². The first-order valence-electron chi connectivity index (χ1n) is 8.41. The number of hydrogen-bond donors (Lipinski definition) is 0. The number of hydrogen-bond acceptors (Lipinski definition) is 5. The lowest BCUT2D eigenvalue weighted by atomic mass is 9.99. The number of carbonyl (C=O) groups is 1. The van der Waals surface area contributed by atoms with Crippen molar-refractivity contribution in [2.75, 3.05) is 31.1 Å². The number of thiophene rings is 1. The third-order valence-electron chi connectivity index (χ3n) is 4.79. The molecule has 5 nitrogen and oxygen atoms in total. The molecule has 4 rings (SSSR count). The smallest absolute Gasteiger partial charge is 0.209 e. The zero-order valence-corrected chi connectivity index (χ0v) is 15.2. The molecule has 1 saturated heterocycles. The highest BCUT2D eigenvalue weighted by Crippen LogP contribution is 2.39. The van der Waals surface area contributed by atoms with Crippen molar-refractivity contribution in [1.82, 2.24) is 14.9 Å². The minimum absolute atomic E-state index is 0.734. The van der Waals surface area contributed by atoms with Gasteiger partial charge in [-0.3, -0.25) is 4.79 Å². The number of anilines is 1. The Bertz CT molecular complexity index is 928. The molecule has 6 heteroatoms. The minimum atomic E-state index is 0.734. The first-order valence-corrected chi connectivity index (χ1v) is 9.29. The average molecular weight is 352 g/mol. The van der Waals surface area contributed by atoms with Gasteiger partial charge in [0.05, 0.1) is 5.39 Å². The summed E-state index contributed by atoms with van der Waals surface area (Å²) in [4.78, 5) is 25.1. The number of aromatic nitrogens is 2. The molecule has 0 unspecified atom stereocenters. The summed E-state index contributed by atoms with van der Waals surface area (Å²) in [6.07, 6.45) is 2.57. The van der Waals surface area contributed by atoms with E-state index in [9.17, 15) is 4.79 Å². The summed E-state index contributed by atoms with van der Waals surface area (Å²) in [5.41, 5.74) is 4.97. The lowest BCUT2D eigenvalue weighted by molar-refractivity contribution is -0.118. The van der Waals surface area contributed by atoms with Crippen LogP contribution in [0.5, 0.6) is 0 Å². The monoisotopic (exact) mass is 352 g/mol. The van der Waals surface area contributed by atoms with Gasteiger partial charge in [-0.1, -0.05) is 23.8 Å². The zero-order valence-electron chi connectivity index (χ0n) is 14.4. The van der Waals surface area contributed by atoms with E-state index in [4.69, 9.17) is 0 Å². The SMILES string of the molecule is Cc1ccc(-c2csc3ncnc(N4CCN(C=O)CC4)c23)c(C)c1. The first-order chi connectivity index (χ1) is 12.2. The van der Waals surface area contributed by atoms with Gasteiger partial charge >= 0.3 is 0 Å². The quantitative estimate of drug-likeness (QED) is 0.679. The van der Waals surface area contributed by atoms with Gasteiger partial charge in [0, 0.05) is 37.1 Å². The number of piperazine rings is 1. The Morgan fingerprint density at radius 2 is 1.88 bits per heavy atom. The molecule has 2 aromatic heterocycles. The predicted octanol–water partition coefficient (Wildman–Crippen LogP) is 3.25. The molecular weight excluding hydrogens is 332 g/mol. The first kappa shape index (κ1) is 16.0. The molecule has 3 heterocycles. The van der Waals surface area contributed by atoms with Gasteiger partial charge in [0.15, 0.2) is 0 Å². The lowest BCUT2D eigenvalue weighted by Crippen LogP contribution is -2.46. The summed E-state index contributed by atoms with van der Waals surface area (Å²) in [7, 11) is 0. The molecule has 1 aromatic carbocycles. The second kappa shape index (κ2) is 6.44. The Balaban J connectivity index is 1.81. The van der Waals surface area contributed by atoms with Gasteiger partial charge in [-0.05, 0) is 25.0 Å². The largest absolute Gasteiger partial charge is 0.352 e. The van der Waals surface area contributed by atoms with Gasteiger partial charge in [0.1, 0.15) is 17.0 Å². The topological polar surface area (TPSA) is 49.3 Å². The third-order valence-corrected chi connectivity index (χ3v) is 5.67. The van der Waals surface area contributed by atoms with Crippen molar-refractivity contribution in [2.24, 2.45) is 0 Å². The summed E-state index contributed by atoms with van der Waals surface area (Å²) >= 11 is 1.66. The van der Waals surface area contributed by atoms with E-state index in [-0.39, 0.29) is 0 Å². The van der Waals surface area contributed by atoms with Gasteiger partial charge in [-0.15, -0.1) is 11.3 Å². The number of carbonyl (C=O) groups excluding carboxylic acids is 1. The van der Waals surface area contributed by atoms with Gasteiger partial charge in [-0.25, -0.2) is 9.97 Å². The fourth-order valence-electron chi connectivity index (χ4n) is 3.45. The molecule has 128 valence electrons. The van der Waals surface area contributed by atoms with Crippen LogP contribution in [0.2, 0.25) is 0 Å². The van der Waals surface area contributed by atoms with Crippen LogP contribution in [-0.4, -0.2) is 47.5 Å². The predicted molar refractivity (Wildman–Crippen MR) is 102 cm³/mol. The van der Waals surface area contributed by atoms with Crippen LogP contribution < -0.4 is 4.90 Å². The highest BCUT2D eigenvalue weighted by atomic mass is 32.1. The normalized spacial score (nSPS) is 15.0. The Hall–Kier alpha value is -2.47. The van der Waals surface area contributed by atoms with Crippen LogP contribution in [0, 0.1) is 13.8 Å². The van der Waals surface area contributed by atoms with Crippen molar-refractivity contribution in [1.29, 1.82) is 0 Å². The van der Waals surface area contributed by atoms with Crippen molar-refractivity contribution in [3.8, 4) is 11.1 Å². The van der Waals surface area contributed by atoms with Crippen LogP contribution in [0.25, 0.3) is 21.3 Å². The number of benzene rings is 1. The molecule has 0 aliphatic carbocycles. The molecule has 0 spiro atoms. The van der Waals surface area contributed by atoms with E-state index >= 15 is 0 Å².